The molecule has 7 heterocycles. The number of para-hydroxylation sites is 8. The monoisotopic (exact) mass is 1710 g/mol. The molecule has 0 saturated heterocycles. The Balaban J connectivity index is 0.000000134. The molecule has 9 nitrogen and oxygen atoms in total. The van der Waals surface area contributed by atoms with Gasteiger partial charge in [-0.15, -0.1) is 0 Å². The van der Waals surface area contributed by atoms with Gasteiger partial charge in [-0.25, -0.2) is 19.9 Å². The topological polar surface area (TPSA) is 76.2 Å². The fourth-order valence-electron chi connectivity index (χ4n) is 22.6. The molecule has 0 N–H and O–H groups in total. The maximum atomic E-state index is 5.47. The van der Waals surface area contributed by atoms with Crippen LogP contribution >= 0.6 is 0 Å². The number of hydrogen-bond donors (Lipinski definition) is 0. The summed E-state index contributed by atoms with van der Waals surface area (Å²) in [5, 5.41) is 24.1. The molecule has 0 fully saturated rings. The van der Waals surface area contributed by atoms with E-state index >= 15 is 0 Å². The highest BCUT2D eigenvalue weighted by Gasteiger charge is 2.38. The van der Waals surface area contributed by atoms with Crippen molar-refractivity contribution in [1.29, 1.82) is 0 Å². The molecule has 1 aliphatic carbocycles. The molecule has 29 rings (SSSR count). The molecule has 0 amide bonds. The average Bonchev–Trinajstić information content (AvgIpc) is 1.62. The van der Waals surface area contributed by atoms with Gasteiger partial charge < -0.3 is 22.8 Å². The molecular formula is C125H79N9. The van der Waals surface area contributed by atoms with Crippen LogP contribution in [0.5, 0.6) is 0 Å². The molecule has 1 aliphatic rings. The molecule has 0 bridgehead atoms. The first-order valence-electron chi connectivity index (χ1n) is 46.1. The van der Waals surface area contributed by atoms with Gasteiger partial charge in [-0.1, -0.05) is 287 Å². The molecule has 21 aromatic carbocycles. The van der Waals surface area contributed by atoms with Crippen LogP contribution in [0, 0.1) is 0 Å². The van der Waals surface area contributed by atoms with Crippen LogP contribution in [0.15, 0.2) is 443 Å². The van der Waals surface area contributed by atoms with Crippen LogP contribution in [0.4, 0.5) is 0 Å². The fraction of sp³-hybridized carbons (Fsp3) is 0.0240. The summed E-state index contributed by atoms with van der Waals surface area (Å²) < 4.78 is 12.1. The second-order valence-corrected chi connectivity index (χ2v) is 36.3. The van der Waals surface area contributed by atoms with Gasteiger partial charge in [-0.3, -0.25) is 0 Å². The molecule has 134 heavy (non-hydrogen) atoms. The van der Waals surface area contributed by atoms with E-state index in [2.05, 4.69) is 480 Å². The Labute approximate surface area is 769 Å². The lowest BCUT2D eigenvalue weighted by molar-refractivity contribution is 0.660. The minimum atomic E-state index is -0.107. The maximum absolute atomic E-state index is 5.47. The first-order valence-corrected chi connectivity index (χ1v) is 46.1. The SMILES string of the molecule is CC1(C)c2ccccc2-c2c(-c3nc(-c4ccc(-n5c6ccccc6c6cc7cccc(-n8c9ccccc9c9cc%10ccccc%10cc98)c7cc65)cc4)nc4ccccc34)cccc21.c1ccc(-n2c3ccccc3c3c(-c4nc(-c5ccc(-n6c7ccccc7c7cc8cccc(-n9c%10ccccc%10c%10cc%11ccccc%11cc%109)c8cc76)cc5)nc5ccccc45)cccc32)cc1. The van der Waals surface area contributed by atoms with E-state index < -0.39 is 0 Å². The van der Waals surface area contributed by atoms with Crippen molar-refractivity contribution in [2.45, 2.75) is 19.3 Å². The average molecular weight is 1710 g/mol. The quantitative estimate of drug-likeness (QED) is 0.144. The van der Waals surface area contributed by atoms with Gasteiger partial charge in [-0.2, -0.15) is 0 Å². The predicted octanol–water partition coefficient (Wildman–Crippen LogP) is 32.3. The van der Waals surface area contributed by atoms with Crippen molar-refractivity contribution in [1.82, 2.24) is 42.8 Å². The zero-order valence-corrected chi connectivity index (χ0v) is 73.2. The Morgan fingerprint density at radius 3 is 1.02 bits per heavy atom. The van der Waals surface area contributed by atoms with E-state index in [9.17, 15) is 0 Å². The highest BCUT2D eigenvalue weighted by atomic mass is 15.0. The van der Waals surface area contributed by atoms with Gasteiger partial charge in [0.25, 0.3) is 0 Å². The summed E-state index contributed by atoms with van der Waals surface area (Å²) >= 11 is 0. The third-order valence-electron chi connectivity index (χ3n) is 28.7. The van der Waals surface area contributed by atoms with Crippen LogP contribution in [0.2, 0.25) is 0 Å². The second-order valence-electron chi connectivity index (χ2n) is 36.3. The van der Waals surface area contributed by atoms with Crippen LogP contribution in [-0.4, -0.2) is 42.8 Å². The molecule has 0 atom stereocenters. The van der Waals surface area contributed by atoms with Crippen LogP contribution in [-0.2, 0) is 5.41 Å². The summed E-state index contributed by atoms with van der Waals surface area (Å²) in [6.45, 7) is 4.66. The van der Waals surface area contributed by atoms with Crippen molar-refractivity contribution in [3.63, 3.8) is 0 Å². The van der Waals surface area contributed by atoms with Crippen LogP contribution in [0.25, 0.3) is 259 Å². The first kappa shape index (κ1) is 75.3. The Bertz CT molecular complexity index is 9870. The summed E-state index contributed by atoms with van der Waals surface area (Å²) in [5.74, 6) is 1.40. The van der Waals surface area contributed by atoms with Crippen LogP contribution in [0.3, 0.4) is 0 Å². The van der Waals surface area contributed by atoms with Gasteiger partial charge >= 0.3 is 0 Å². The fourth-order valence-corrected chi connectivity index (χ4v) is 22.6. The summed E-state index contributed by atoms with van der Waals surface area (Å²) in [5.41, 5.74) is 30.4. The van der Waals surface area contributed by atoms with Crippen molar-refractivity contribution >= 4 is 174 Å². The van der Waals surface area contributed by atoms with Crippen molar-refractivity contribution < 1.29 is 0 Å². The Kier molecular flexibility index (Phi) is 16.4. The highest BCUT2D eigenvalue weighted by molar-refractivity contribution is 6.22. The molecule has 28 aromatic rings. The molecule has 0 saturated carbocycles. The van der Waals surface area contributed by atoms with Gasteiger partial charge in [0.15, 0.2) is 11.6 Å². The minimum absolute atomic E-state index is 0.107. The molecular weight excluding hydrogens is 1630 g/mol. The van der Waals surface area contributed by atoms with Gasteiger partial charge in [0, 0.05) is 120 Å². The zero-order valence-electron chi connectivity index (χ0n) is 73.2. The van der Waals surface area contributed by atoms with E-state index in [4.69, 9.17) is 19.9 Å². The lowest BCUT2D eigenvalue weighted by Crippen LogP contribution is -2.14. The summed E-state index contributed by atoms with van der Waals surface area (Å²) in [7, 11) is 0. The maximum Gasteiger partial charge on any atom is 0.160 e. The molecule has 9 heteroatoms. The molecule has 7 aromatic heterocycles. The smallest absolute Gasteiger partial charge is 0.160 e. The van der Waals surface area contributed by atoms with Gasteiger partial charge in [-0.05, 0) is 224 Å². The zero-order chi connectivity index (χ0) is 88.1. The van der Waals surface area contributed by atoms with E-state index in [-0.39, 0.29) is 5.41 Å². The third kappa shape index (κ3) is 11.3. The second kappa shape index (κ2) is 29.2. The number of benzene rings is 21. The first-order chi connectivity index (χ1) is 66.2. The number of aromatic nitrogens is 9. The standard InChI is InChI=1S/C64H39N5.C61H40N4/c1-2-19-44(20-3-1)67-57-29-13-9-24-49(57)62-50(25-15-31-59(62)67)63-48-23-6-10-26-54(48)65-64(66-63)40-32-34-45(35-33-40)68-55-27-11-7-21-46(55)53-37-43-18-14-30-58(51(43)39-61(53)68)69-56-28-12-8-22-47(56)52-36-41-16-4-5-17-42(41)38-60(52)69;1-61(2)50-23-9-5-20-44(50)58-46(22-14-24-51(58)61)59-45-21-6-10-25-52(45)62-60(63-59)37-29-31-41(32-30-37)64-53-26-11-7-18-42(53)49-34-40-17-13-28-55(47(40)36-57(49)64)65-54-27-12-8-19-43(54)48-33-38-15-3-4-16-39(38)35-56(48)65/h1-39H;3-36H,1-2H3. The Morgan fingerprint density at radius 1 is 0.194 bits per heavy atom. The van der Waals surface area contributed by atoms with Crippen LogP contribution in [0.1, 0.15) is 25.0 Å². The van der Waals surface area contributed by atoms with Gasteiger partial charge in [0.1, 0.15) is 0 Å². The van der Waals surface area contributed by atoms with E-state index in [0.29, 0.717) is 11.6 Å². The number of nitrogens with zero attached hydrogens (tertiary/aromatic N) is 9. The van der Waals surface area contributed by atoms with Gasteiger partial charge in [0.2, 0.25) is 0 Å². The Morgan fingerprint density at radius 2 is 0.522 bits per heavy atom. The summed E-state index contributed by atoms with van der Waals surface area (Å²) in [6, 6.07) is 161. The van der Waals surface area contributed by atoms with Crippen molar-refractivity contribution in [3.8, 4) is 84.9 Å². The van der Waals surface area contributed by atoms with Crippen molar-refractivity contribution in [2.24, 2.45) is 0 Å². The lowest BCUT2D eigenvalue weighted by atomic mass is 9.82. The van der Waals surface area contributed by atoms with E-state index in [0.717, 1.165) is 106 Å². The van der Waals surface area contributed by atoms with E-state index in [1.807, 2.05) is 0 Å². The normalized spacial score (nSPS) is 12.6. The summed E-state index contributed by atoms with van der Waals surface area (Å²) in [4.78, 5) is 21.3. The van der Waals surface area contributed by atoms with E-state index in [1.54, 1.807) is 0 Å². The third-order valence-corrected chi connectivity index (χ3v) is 28.7. The number of fused-ring (bicyclic) bond motifs is 24. The summed E-state index contributed by atoms with van der Waals surface area (Å²) in [6.07, 6.45) is 0. The minimum Gasteiger partial charge on any atom is -0.309 e. The highest BCUT2D eigenvalue weighted by Crippen LogP contribution is 2.54. The van der Waals surface area contributed by atoms with Crippen LogP contribution < -0.4 is 0 Å². The molecule has 0 radical (unpaired) electrons. The molecule has 0 aliphatic heterocycles. The largest absolute Gasteiger partial charge is 0.309 e. The van der Waals surface area contributed by atoms with E-state index in [1.165, 1.54) is 152 Å². The molecule has 624 valence electrons. The molecule has 0 spiro atoms. The predicted molar refractivity (Wildman–Crippen MR) is 560 cm³/mol. The van der Waals surface area contributed by atoms with Crippen molar-refractivity contribution in [2.75, 3.05) is 0 Å². The molecule has 0 unspecified atom stereocenters. The van der Waals surface area contributed by atoms with Crippen molar-refractivity contribution in [3.05, 3.63) is 454 Å². The Hall–Kier alpha value is -17.7. The lowest BCUT2D eigenvalue weighted by Gasteiger charge is -2.21. The van der Waals surface area contributed by atoms with Gasteiger partial charge in [0.05, 0.1) is 89.0 Å². The number of hydrogen-bond acceptors (Lipinski definition) is 4. The number of rotatable bonds is 9.